The Kier molecular flexibility index (Phi) is 42.5. The van der Waals surface area contributed by atoms with Gasteiger partial charge in [0, 0.05) is 0 Å². The Labute approximate surface area is 404 Å². The number of amides is 1. The van der Waals surface area contributed by atoms with Crippen LogP contribution in [0.3, 0.4) is 0 Å². The first-order valence-corrected chi connectivity index (χ1v) is 27.7. The van der Waals surface area contributed by atoms with Gasteiger partial charge in [-0.05, 0) is 44.9 Å². The van der Waals surface area contributed by atoms with E-state index in [1.54, 1.807) is 0 Å². The molecular weight excluding hydrogens is 835 g/mol. The lowest BCUT2D eigenvalue weighted by molar-refractivity contribution is -0.303. The third kappa shape index (κ3) is 33.2. The Morgan fingerprint density at radius 3 is 1.33 bits per heavy atom. The minimum absolute atomic E-state index is 0.247. The van der Waals surface area contributed by atoms with Crippen LogP contribution in [0.25, 0.3) is 0 Å². The zero-order valence-electron chi connectivity index (χ0n) is 42.4. The van der Waals surface area contributed by atoms with E-state index < -0.39 is 74.2 Å². The molecule has 0 aromatic rings. The van der Waals surface area contributed by atoms with Crippen LogP contribution < -0.4 is 5.32 Å². The molecule has 0 saturated carbocycles. The molecule has 1 rings (SSSR count). The maximum atomic E-state index is 13.1. The number of carbonyl (C=O) groups is 1. The van der Waals surface area contributed by atoms with Crippen LogP contribution in [-0.2, 0) is 14.3 Å². The van der Waals surface area contributed by atoms with E-state index in [2.05, 4.69) is 43.5 Å². The Bertz CT molecular complexity index is 1120. The highest BCUT2D eigenvalue weighted by atomic mass is 16.7. The van der Waals surface area contributed by atoms with Crippen molar-refractivity contribution in [3.63, 3.8) is 0 Å². The van der Waals surface area contributed by atoms with Gasteiger partial charge in [0.25, 0.3) is 0 Å². The molecule has 0 spiro atoms. The van der Waals surface area contributed by atoms with Crippen molar-refractivity contribution in [3.8, 4) is 0 Å². The molecule has 66 heavy (non-hydrogen) atoms. The van der Waals surface area contributed by atoms with Crippen LogP contribution in [0, 0.1) is 0 Å². The standard InChI is InChI=1S/C55H105NO10/c1-3-5-7-9-11-13-15-16-17-18-19-20-21-22-23-24-25-26-27-28-29-30-31-33-35-37-39-41-43-48(59)54(64)56-46(45-65-55-53(63)52(62)51(61)49(44-57)66-55)50(60)47(58)42-40-38-36-34-32-14-12-10-8-6-4-2/h10,12,34,36,46-53,55,57-63H,3-9,11,13-33,35,37-45H2,1-2H3,(H,56,64)/b12-10+,36-34+. The fourth-order valence-electron chi connectivity index (χ4n) is 8.92. The summed E-state index contributed by atoms with van der Waals surface area (Å²) in [4.78, 5) is 13.1. The number of hydrogen-bond acceptors (Lipinski definition) is 10. The lowest BCUT2D eigenvalue weighted by Gasteiger charge is -2.40. The Morgan fingerprint density at radius 2 is 0.909 bits per heavy atom. The highest BCUT2D eigenvalue weighted by Gasteiger charge is 2.44. The molecule has 9 atom stereocenters. The van der Waals surface area contributed by atoms with E-state index in [0.29, 0.717) is 19.3 Å². The number of carbonyl (C=O) groups excluding carboxylic acids is 1. The van der Waals surface area contributed by atoms with Crippen molar-refractivity contribution in [1.82, 2.24) is 5.32 Å². The quantitative estimate of drug-likeness (QED) is 0.0215. The van der Waals surface area contributed by atoms with E-state index in [4.69, 9.17) is 9.47 Å². The molecule has 390 valence electrons. The Balaban J connectivity index is 2.23. The molecule has 1 aliphatic heterocycles. The lowest BCUT2D eigenvalue weighted by Crippen LogP contribution is -2.60. The lowest BCUT2D eigenvalue weighted by atomic mass is 9.98. The third-order valence-electron chi connectivity index (χ3n) is 13.5. The topological polar surface area (TPSA) is 189 Å². The second-order valence-electron chi connectivity index (χ2n) is 19.6. The zero-order valence-corrected chi connectivity index (χ0v) is 42.4. The van der Waals surface area contributed by atoms with Crippen LogP contribution in [0.15, 0.2) is 24.3 Å². The largest absolute Gasteiger partial charge is 0.394 e. The van der Waals surface area contributed by atoms with Gasteiger partial charge in [-0.2, -0.15) is 0 Å². The minimum Gasteiger partial charge on any atom is -0.394 e. The van der Waals surface area contributed by atoms with Gasteiger partial charge in [-0.1, -0.05) is 231 Å². The number of nitrogens with one attached hydrogen (secondary N) is 1. The molecule has 11 heteroatoms. The predicted molar refractivity (Wildman–Crippen MR) is 270 cm³/mol. The number of aliphatic hydroxyl groups excluding tert-OH is 7. The average molecular weight is 940 g/mol. The van der Waals surface area contributed by atoms with Crippen molar-refractivity contribution >= 4 is 5.91 Å². The smallest absolute Gasteiger partial charge is 0.249 e. The molecule has 1 amide bonds. The third-order valence-corrected chi connectivity index (χ3v) is 13.5. The van der Waals surface area contributed by atoms with Gasteiger partial charge in [0.15, 0.2) is 6.29 Å². The SMILES string of the molecule is CCCC/C=C/CC/C=C/CCCC(O)C(O)C(COC1OC(CO)C(O)C(O)C1O)NC(=O)C(O)CCCCCCCCCCCCCCCCCCCCCCCCCCCCCC. The highest BCUT2D eigenvalue weighted by molar-refractivity contribution is 5.80. The summed E-state index contributed by atoms with van der Waals surface area (Å²) in [6.45, 7) is 3.39. The monoisotopic (exact) mass is 940 g/mol. The van der Waals surface area contributed by atoms with Gasteiger partial charge in [-0.15, -0.1) is 0 Å². The van der Waals surface area contributed by atoms with Gasteiger partial charge in [0.2, 0.25) is 5.91 Å². The van der Waals surface area contributed by atoms with Crippen molar-refractivity contribution < 1.29 is 50.0 Å². The maximum absolute atomic E-state index is 13.1. The summed E-state index contributed by atoms with van der Waals surface area (Å²) in [6.07, 6.45) is 41.2. The van der Waals surface area contributed by atoms with E-state index in [9.17, 15) is 40.5 Å². The molecule has 11 nitrogen and oxygen atoms in total. The number of allylic oxidation sites excluding steroid dienone is 4. The zero-order chi connectivity index (χ0) is 48.3. The maximum Gasteiger partial charge on any atom is 0.249 e. The summed E-state index contributed by atoms with van der Waals surface area (Å²) in [5.41, 5.74) is 0. The summed E-state index contributed by atoms with van der Waals surface area (Å²) in [7, 11) is 0. The minimum atomic E-state index is -1.67. The van der Waals surface area contributed by atoms with E-state index in [1.807, 2.05) is 0 Å². The second kappa shape index (κ2) is 44.8. The van der Waals surface area contributed by atoms with Crippen LogP contribution in [0.1, 0.15) is 251 Å². The Hall–Kier alpha value is -1.41. The fraction of sp³-hybridized carbons (Fsp3) is 0.909. The number of aliphatic hydroxyl groups is 7. The molecule has 8 N–H and O–H groups in total. The highest BCUT2D eigenvalue weighted by Crippen LogP contribution is 2.23. The van der Waals surface area contributed by atoms with Gasteiger partial charge in [-0.25, -0.2) is 0 Å². The number of rotatable bonds is 47. The summed E-state index contributed by atoms with van der Waals surface area (Å²) in [6, 6.07) is -1.19. The van der Waals surface area contributed by atoms with Gasteiger partial charge in [0.1, 0.15) is 36.6 Å². The molecule has 0 aromatic carbocycles. The first-order valence-electron chi connectivity index (χ1n) is 27.7. The van der Waals surface area contributed by atoms with Gasteiger partial charge in [-0.3, -0.25) is 4.79 Å². The number of ether oxygens (including phenoxy) is 2. The first kappa shape index (κ1) is 62.6. The van der Waals surface area contributed by atoms with Crippen LogP contribution in [0.2, 0.25) is 0 Å². The predicted octanol–water partition coefficient (Wildman–Crippen LogP) is 11.0. The average Bonchev–Trinajstić information content (AvgIpc) is 3.32. The van der Waals surface area contributed by atoms with E-state index >= 15 is 0 Å². The van der Waals surface area contributed by atoms with Gasteiger partial charge >= 0.3 is 0 Å². The molecule has 0 radical (unpaired) electrons. The number of unbranched alkanes of at least 4 members (excludes halogenated alkanes) is 31. The van der Waals surface area contributed by atoms with Crippen LogP contribution in [0.4, 0.5) is 0 Å². The summed E-state index contributed by atoms with van der Waals surface area (Å²) >= 11 is 0. The van der Waals surface area contributed by atoms with Crippen molar-refractivity contribution in [2.24, 2.45) is 0 Å². The van der Waals surface area contributed by atoms with Gasteiger partial charge < -0.3 is 50.5 Å². The van der Waals surface area contributed by atoms with Crippen molar-refractivity contribution in [3.05, 3.63) is 24.3 Å². The molecule has 1 aliphatic rings. The normalized spacial score (nSPS) is 20.9. The first-order chi connectivity index (χ1) is 32.2. The molecule has 9 unspecified atom stereocenters. The second-order valence-corrected chi connectivity index (χ2v) is 19.6. The van der Waals surface area contributed by atoms with E-state index in [0.717, 1.165) is 38.5 Å². The molecule has 0 aromatic heterocycles. The van der Waals surface area contributed by atoms with Crippen molar-refractivity contribution in [2.75, 3.05) is 13.2 Å². The van der Waals surface area contributed by atoms with Crippen molar-refractivity contribution in [1.29, 1.82) is 0 Å². The van der Waals surface area contributed by atoms with E-state index in [-0.39, 0.29) is 12.8 Å². The summed E-state index contributed by atoms with van der Waals surface area (Å²) in [5.74, 6) is -0.708. The Morgan fingerprint density at radius 1 is 0.515 bits per heavy atom. The summed E-state index contributed by atoms with van der Waals surface area (Å²) in [5, 5.41) is 75.7. The van der Waals surface area contributed by atoms with Crippen LogP contribution in [0.5, 0.6) is 0 Å². The van der Waals surface area contributed by atoms with Crippen LogP contribution in [-0.4, -0.2) is 110 Å². The number of hydrogen-bond donors (Lipinski definition) is 8. The molecular formula is C55H105NO10. The fourth-order valence-corrected chi connectivity index (χ4v) is 8.92. The van der Waals surface area contributed by atoms with Crippen molar-refractivity contribution in [2.45, 2.75) is 306 Å². The van der Waals surface area contributed by atoms with Crippen LogP contribution >= 0.6 is 0 Å². The molecule has 1 heterocycles. The molecule has 1 saturated heterocycles. The molecule has 0 aliphatic carbocycles. The van der Waals surface area contributed by atoms with E-state index in [1.165, 1.54) is 167 Å². The van der Waals surface area contributed by atoms with Gasteiger partial charge in [0.05, 0.1) is 25.4 Å². The molecule has 1 fully saturated rings. The molecule has 0 bridgehead atoms. The summed E-state index contributed by atoms with van der Waals surface area (Å²) < 4.78 is 11.1.